The van der Waals surface area contributed by atoms with E-state index in [0.717, 1.165) is 53.4 Å². The van der Waals surface area contributed by atoms with Gasteiger partial charge in [-0.1, -0.05) is 6.92 Å². The topological polar surface area (TPSA) is 88.2 Å². The molecule has 3 aromatic heterocycles. The summed E-state index contributed by atoms with van der Waals surface area (Å²) in [7, 11) is 3.47. The second kappa shape index (κ2) is 7.26. The molecule has 0 aromatic carbocycles. The van der Waals surface area contributed by atoms with E-state index < -0.39 is 0 Å². The fraction of sp³-hybridized carbons (Fsp3) is 0.429. The number of piperidine rings is 1. The highest BCUT2D eigenvalue weighted by atomic mass is 32.1. The summed E-state index contributed by atoms with van der Waals surface area (Å²) in [4.78, 5) is 31.3. The number of nitrogens with two attached hydrogens (primary N) is 1. The minimum atomic E-state index is -0.101. The first-order valence-electron chi connectivity index (χ1n) is 9.73. The number of nitrogen functional groups attached to an aromatic ring is 1. The molecule has 1 fully saturated rings. The molecule has 0 aliphatic carbocycles. The molecule has 3 aromatic rings. The fourth-order valence-electron chi connectivity index (χ4n) is 3.95. The van der Waals surface area contributed by atoms with Gasteiger partial charge in [-0.15, -0.1) is 11.3 Å². The van der Waals surface area contributed by atoms with E-state index in [1.165, 1.54) is 11.3 Å². The number of hydrogen-bond donors (Lipinski definition) is 1. The molecule has 0 radical (unpaired) electrons. The highest BCUT2D eigenvalue weighted by Crippen LogP contribution is 2.38. The van der Waals surface area contributed by atoms with Crippen molar-refractivity contribution in [3.05, 3.63) is 40.8 Å². The van der Waals surface area contributed by atoms with Crippen molar-refractivity contribution >= 4 is 39.0 Å². The highest BCUT2D eigenvalue weighted by Gasteiger charge is 2.35. The molecule has 152 valence electrons. The minimum absolute atomic E-state index is 0.0822. The molecular weight excluding hydrogens is 384 g/mol. The first kappa shape index (κ1) is 19.6. The summed E-state index contributed by atoms with van der Waals surface area (Å²) in [6.45, 7) is 6.05. The van der Waals surface area contributed by atoms with Gasteiger partial charge in [-0.3, -0.25) is 4.79 Å². The molecule has 1 aliphatic heterocycles. The molecular formula is C21H26N6OS. The van der Waals surface area contributed by atoms with E-state index in [9.17, 15) is 4.79 Å². The van der Waals surface area contributed by atoms with Crippen LogP contribution in [0.4, 0.5) is 11.5 Å². The molecule has 1 aliphatic rings. The summed E-state index contributed by atoms with van der Waals surface area (Å²) in [5, 5.41) is 0.853. The molecule has 0 bridgehead atoms. The Balaban J connectivity index is 1.68. The number of nitrogens with zero attached hydrogens (tertiary/aromatic N) is 5. The standard InChI is InChI=1S/C21H26N6OS/c1-13-10-16(24-12-23-13)27-9-5-8-21(2,11-27)15-7-6-14-17(22)18(20(28)26(3)4)29-19(14)25-15/h6-7,10,12H,5,8-9,11,22H2,1-4H3. The van der Waals surface area contributed by atoms with Crippen molar-refractivity contribution < 1.29 is 4.79 Å². The Hall–Kier alpha value is -2.74. The number of fused-ring (bicyclic) bond motifs is 1. The normalized spacial score (nSPS) is 19.5. The second-order valence-corrected chi connectivity index (χ2v) is 9.20. The SMILES string of the molecule is Cc1cc(N2CCCC(C)(c3ccc4c(N)c(C(=O)N(C)C)sc4n3)C2)ncn1. The summed E-state index contributed by atoms with van der Waals surface area (Å²) in [6, 6.07) is 6.10. The number of rotatable bonds is 3. The van der Waals surface area contributed by atoms with Crippen LogP contribution >= 0.6 is 11.3 Å². The monoisotopic (exact) mass is 410 g/mol. The summed E-state index contributed by atoms with van der Waals surface area (Å²) in [5.41, 5.74) is 8.67. The van der Waals surface area contributed by atoms with Gasteiger partial charge in [0, 0.05) is 55.4 Å². The number of aryl methyl sites for hydroxylation is 1. The van der Waals surface area contributed by atoms with Crippen molar-refractivity contribution in [3.63, 3.8) is 0 Å². The van der Waals surface area contributed by atoms with Gasteiger partial charge in [-0.2, -0.15) is 0 Å². The first-order chi connectivity index (χ1) is 13.8. The maximum absolute atomic E-state index is 12.4. The van der Waals surface area contributed by atoms with Crippen LogP contribution in [-0.2, 0) is 5.41 Å². The third-order valence-corrected chi connectivity index (χ3v) is 6.73. The van der Waals surface area contributed by atoms with E-state index in [1.807, 2.05) is 19.1 Å². The summed E-state index contributed by atoms with van der Waals surface area (Å²) >= 11 is 1.37. The quantitative estimate of drug-likeness (QED) is 0.713. The summed E-state index contributed by atoms with van der Waals surface area (Å²) < 4.78 is 0. The Kier molecular flexibility index (Phi) is 4.90. The van der Waals surface area contributed by atoms with E-state index >= 15 is 0 Å². The van der Waals surface area contributed by atoms with E-state index in [2.05, 4.69) is 27.9 Å². The van der Waals surface area contributed by atoms with Crippen LogP contribution in [0.2, 0.25) is 0 Å². The van der Waals surface area contributed by atoms with Crippen molar-refractivity contribution in [2.24, 2.45) is 0 Å². The van der Waals surface area contributed by atoms with E-state index in [1.54, 1.807) is 25.3 Å². The first-order valence-corrected chi connectivity index (χ1v) is 10.5. The Labute approximate surface area is 174 Å². The lowest BCUT2D eigenvalue weighted by Gasteiger charge is -2.40. The molecule has 8 heteroatoms. The molecule has 7 nitrogen and oxygen atoms in total. The Morgan fingerprint density at radius 2 is 2.10 bits per heavy atom. The van der Waals surface area contributed by atoms with Gasteiger partial charge in [-0.25, -0.2) is 15.0 Å². The minimum Gasteiger partial charge on any atom is -0.397 e. The predicted molar refractivity (Wildman–Crippen MR) is 118 cm³/mol. The van der Waals surface area contributed by atoms with Gasteiger partial charge in [-0.05, 0) is 31.9 Å². The van der Waals surface area contributed by atoms with Crippen LogP contribution in [-0.4, -0.2) is 52.9 Å². The van der Waals surface area contributed by atoms with Gasteiger partial charge in [0.1, 0.15) is 21.9 Å². The van der Waals surface area contributed by atoms with Crippen LogP contribution in [0.1, 0.15) is 40.8 Å². The Bertz CT molecular complexity index is 1080. The molecule has 1 saturated heterocycles. The number of carbonyl (C=O) groups is 1. The third kappa shape index (κ3) is 3.53. The van der Waals surface area contributed by atoms with Crippen LogP contribution in [0, 0.1) is 6.92 Å². The average Bonchev–Trinajstić information content (AvgIpc) is 3.03. The predicted octanol–water partition coefficient (Wildman–Crippen LogP) is 3.24. The number of aromatic nitrogens is 3. The Morgan fingerprint density at radius 3 is 2.83 bits per heavy atom. The summed E-state index contributed by atoms with van der Waals surface area (Å²) in [5.74, 6) is 0.880. The lowest BCUT2D eigenvalue weighted by Crippen LogP contribution is -2.45. The lowest BCUT2D eigenvalue weighted by atomic mass is 9.78. The average molecular weight is 411 g/mol. The van der Waals surface area contributed by atoms with Crippen molar-refractivity contribution in [2.45, 2.75) is 32.1 Å². The molecule has 29 heavy (non-hydrogen) atoms. The number of pyridine rings is 1. The molecule has 4 heterocycles. The van der Waals surface area contributed by atoms with Crippen LogP contribution in [0.15, 0.2) is 24.5 Å². The zero-order chi connectivity index (χ0) is 20.8. The maximum atomic E-state index is 12.4. The number of carbonyl (C=O) groups excluding carboxylic acids is 1. The van der Waals surface area contributed by atoms with Crippen molar-refractivity contribution in [1.29, 1.82) is 0 Å². The summed E-state index contributed by atoms with van der Waals surface area (Å²) in [6.07, 6.45) is 3.74. The number of amides is 1. The van der Waals surface area contributed by atoms with E-state index in [0.29, 0.717) is 10.6 Å². The van der Waals surface area contributed by atoms with Crippen LogP contribution in [0.3, 0.4) is 0 Å². The smallest absolute Gasteiger partial charge is 0.265 e. The zero-order valence-electron chi connectivity index (χ0n) is 17.3. The molecule has 4 rings (SSSR count). The molecule has 0 saturated carbocycles. The highest BCUT2D eigenvalue weighted by molar-refractivity contribution is 7.21. The van der Waals surface area contributed by atoms with E-state index in [4.69, 9.17) is 10.7 Å². The van der Waals surface area contributed by atoms with Gasteiger partial charge in [0.25, 0.3) is 5.91 Å². The molecule has 1 unspecified atom stereocenters. The molecule has 1 amide bonds. The van der Waals surface area contributed by atoms with Gasteiger partial charge >= 0.3 is 0 Å². The second-order valence-electron chi connectivity index (χ2n) is 8.20. The van der Waals surface area contributed by atoms with Crippen LogP contribution in [0.5, 0.6) is 0 Å². The van der Waals surface area contributed by atoms with Gasteiger partial charge in [0.15, 0.2) is 0 Å². The maximum Gasteiger partial charge on any atom is 0.265 e. The van der Waals surface area contributed by atoms with Crippen LogP contribution in [0.25, 0.3) is 10.2 Å². The third-order valence-electron chi connectivity index (χ3n) is 5.62. The molecule has 1 atom stereocenters. The number of thiophene rings is 1. The lowest BCUT2D eigenvalue weighted by molar-refractivity contribution is 0.0833. The Morgan fingerprint density at radius 1 is 1.31 bits per heavy atom. The van der Waals surface area contributed by atoms with E-state index in [-0.39, 0.29) is 11.3 Å². The fourth-order valence-corrected chi connectivity index (χ4v) is 5.07. The van der Waals surface area contributed by atoms with Crippen molar-refractivity contribution in [1.82, 2.24) is 19.9 Å². The van der Waals surface area contributed by atoms with Crippen LogP contribution < -0.4 is 10.6 Å². The number of anilines is 2. The van der Waals surface area contributed by atoms with Crippen molar-refractivity contribution in [2.75, 3.05) is 37.8 Å². The molecule has 2 N–H and O–H groups in total. The molecule has 0 spiro atoms. The zero-order valence-corrected chi connectivity index (χ0v) is 18.1. The van der Waals surface area contributed by atoms with Gasteiger partial charge in [0.2, 0.25) is 0 Å². The largest absolute Gasteiger partial charge is 0.397 e. The van der Waals surface area contributed by atoms with Crippen molar-refractivity contribution in [3.8, 4) is 0 Å². The van der Waals surface area contributed by atoms with Gasteiger partial charge in [0.05, 0.1) is 5.69 Å². The van der Waals surface area contributed by atoms with Gasteiger partial charge < -0.3 is 15.5 Å². The number of hydrogen-bond acceptors (Lipinski definition) is 7.